The van der Waals surface area contributed by atoms with Crippen molar-refractivity contribution in [2.24, 2.45) is 0 Å². The van der Waals surface area contributed by atoms with Gasteiger partial charge in [-0.1, -0.05) is 12.1 Å². The maximum Gasteiger partial charge on any atom is 0.225 e. The van der Waals surface area contributed by atoms with Crippen molar-refractivity contribution in [3.63, 3.8) is 0 Å². The number of nitrogens with zero attached hydrogens (tertiary/aromatic N) is 10. The van der Waals surface area contributed by atoms with Crippen LogP contribution in [0.4, 0.5) is 11.9 Å². The maximum absolute atomic E-state index is 11.8. The summed E-state index contributed by atoms with van der Waals surface area (Å²) in [5, 5.41) is 0. The van der Waals surface area contributed by atoms with E-state index in [4.69, 9.17) is 9.56 Å². The van der Waals surface area contributed by atoms with Crippen molar-refractivity contribution >= 4 is 74.5 Å². The third-order valence-corrected chi connectivity index (χ3v) is 13.9. The van der Waals surface area contributed by atoms with Gasteiger partial charge in [-0.05, 0) is 49.2 Å². The molecular formula is C36H44N12O2S4. The molecule has 284 valence electrons. The minimum Gasteiger partial charge on any atom is -0.338 e. The summed E-state index contributed by atoms with van der Waals surface area (Å²) in [6, 6.07) is 13.7. The highest BCUT2D eigenvalue weighted by Crippen LogP contribution is 2.29. The molecule has 0 spiro atoms. The van der Waals surface area contributed by atoms with E-state index >= 15 is 0 Å². The van der Waals surface area contributed by atoms with Crippen LogP contribution in [0, 0.1) is 9.56 Å². The van der Waals surface area contributed by atoms with Crippen LogP contribution in [0.1, 0.15) is 37.1 Å². The lowest BCUT2D eigenvalue weighted by Crippen LogP contribution is -2.47. The molecule has 0 aliphatic carbocycles. The average molecular weight is 805 g/mol. The minimum atomic E-state index is -2.77. The molecule has 14 nitrogen and oxygen atoms in total. The van der Waals surface area contributed by atoms with Crippen molar-refractivity contribution in [1.29, 1.82) is 9.56 Å². The van der Waals surface area contributed by atoms with Crippen LogP contribution in [-0.4, -0.2) is 113 Å². The molecule has 2 fully saturated rings. The van der Waals surface area contributed by atoms with Crippen LogP contribution in [0.25, 0.3) is 20.4 Å². The number of fused-ring (bicyclic) bond motifs is 2. The van der Waals surface area contributed by atoms with Crippen molar-refractivity contribution in [3.05, 3.63) is 83.3 Å². The SMILES string of the molecule is CC(c1ccc2scnc2c1)N1CCN(c2ncc([S@@](C)(=N)=O)cn2)CC1.CC(c1ccc2scnc2c1)N1CCN(c2ncc([S@](C)(=N)=O)cn2)CC1. The highest BCUT2D eigenvalue weighted by Gasteiger charge is 2.25. The van der Waals surface area contributed by atoms with Crippen LogP contribution >= 0.6 is 22.7 Å². The summed E-state index contributed by atoms with van der Waals surface area (Å²) in [4.78, 5) is 36.0. The maximum atomic E-state index is 11.8. The first-order valence-electron chi connectivity index (χ1n) is 17.6. The lowest BCUT2D eigenvalue weighted by molar-refractivity contribution is 0.198. The van der Waals surface area contributed by atoms with Crippen LogP contribution in [0.15, 0.2) is 82.0 Å². The van der Waals surface area contributed by atoms with Gasteiger partial charge in [0.1, 0.15) is 0 Å². The van der Waals surface area contributed by atoms with E-state index in [1.165, 1.54) is 57.8 Å². The Kier molecular flexibility index (Phi) is 11.2. The summed E-state index contributed by atoms with van der Waals surface area (Å²) in [7, 11) is -5.54. The van der Waals surface area contributed by atoms with Gasteiger partial charge in [0.25, 0.3) is 0 Å². The predicted molar refractivity (Wildman–Crippen MR) is 218 cm³/mol. The standard InChI is InChI=1S/2C18H22N6OS2/c2*1-13(14-3-4-17-16(9-14)22-12-26-17)23-5-7-24(8-6-23)18-20-10-15(11-21-18)27(2,19)25/h2*3-4,9-13,19H,5-8H2,1-2H3/t2*13?,27-/m10/s1. The Bertz CT molecular complexity index is 2250. The third kappa shape index (κ3) is 8.68. The number of benzene rings is 2. The number of hydrogen-bond acceptors (Lipinski definition) is 16. The normalized spacial score (nSPS) is 19.1. The highest BCUT2D eigenvalue weighted by atomic mass is 32.2. The lowest BCUT2D eigenvalue weighted by atomic mass is 10.1. The summed E-state index contributed by atoms with van der Waals surface area (Å²) < 4.78 is 41.2. The molecule has 0 amide bonds. The Labute approximate surface area is 324 Å². The lowest BCUT2D eigenvalue weighted by Gasteiger charge is -2.38. The molecule has 6 aromatic rings. The van der Waals surface area contributed by atoms with E-state index in [1.807, 2.05) is 11.0 Å². The summed E-state index contributed by atoms with van der Waals surface area (Å²) in [6.45, 7) is 11.5. The van der Waals surface area contributed by atoms with Crippen LogP contribution in [0.5, 0.6) is 0 Å². The summed E-state index contributed by atoms with van der Waals surface area (Å²) >= 11 is 3.34. The fourth-order valence-corrected chi connectivity index (χ4v) is 8.99. The van der Waals surface area contributed by atoms with Crippen molar-refractivity contribution in [2.75, 3.05) is 74.7 Å². The second-order valence-corrected chi connectivity index (χ2v) is 19.8. The number of aromatic nitrogens is 6. The van der Waals surface area contributed by atoms with Gasteiger partial charge in [-0.15, -0.1) is 22.7 Å². The molecular weight excluding hydrogens is 761 g/mol. The van der Waals surface area contributed by atoms with Gasteiger partial charge in [-0.25, -0.2) is 47.9 Å². The van der Waals surface area contributed by atoms with E-state index in [0.29, 0.717) is 33.8 Å². The summed E-state index contributed by atoms with van der Waals surface area (Å²) in [5.41, 5.74) is 8.49. The monoisotopic (exact) mass is 804 g/mol. The molecule has 2 saturated heterocycles. The van der Waals surface area contributed by atoms with E-state index in [2.05, 4.69) is 99.7 Å². The number of nitrogens with one attached hydrogen (secondary N) is 2. The summed E-state index contributed by atoms with van der Waals surface area (Å²) in [5.74, 6) is 1.28. The smallest absolute Gasteiger partial charge is 0.225 e. The van der Waals surface area contributed by atoms with Gasteiger partial charge in [0, 0.05) is 102 Å². The fourth-order valence-electron chi connectivity index (χ4n) is 6.66. The topological polar surface area (TPSA) is 172 Å². The number of hydrogen-bond donors (Lipinski definition) is 2. The van der Waals surface area contributed by atoms with E-state index in [9.17, 15) is 8.42 Å². The number of piperazine rings is 2. The quantitative estimate of drug-likeness (QED) is 0.184. The molecule has 18 heteroatoms. The number of anilines is 2. The number of rotatable bonds is 8. The molecule has 0 saturated carbocycles. The Hall–Kier alpha value is -4.20. The molecule has 4 atom stereocenters. The van der Waals surface area contributed by atoms with Crippen molar-refractivity contribution < 1.29 is 8.42 Å². The van der Waals surface area contributed by atoms with Gasteiger partial charge in [-0.2, -0.15) is 0 Å². The Morgan fingerprint density at radius 1 is 0.574 bits per heavy atom. The Morgan fingerprint density at radius 3 is 1.26 bits per heavy atom. The number of thiazole rings is 2. The molecule has 0 radical (unpaired) electrons. The molecule has 2 N–H and O–H groups in total. The molecule has 6 heterocycles. The first-order valence-corrected chi connectivity index (χ1v) is 23.3. The zero-order valence-corrected chi connectivity index (χ0v) is 33.9. The van der Waals surface area contributed by atoms with Gasteiger partial charge in [0.2, 0.25) is 11.9 Å². The van der Waals surface area contributed by atoms with Crippen LogP contribution in [0.3, 0.4) is 0 Å². The van der Waals surface area contributed by atoms with E-state index < -0.39 is 19.5 Å². The fraction of sp³-hybridized carbons (Fsp3) is 0.389. The van der Waals surface area contributed by atoms with Crippen molar-refractivity contribution in [2.45, 2.75) is 35.7 Å². The van der Waals surface area contributed by atoms with Gasteiger partial charge in [0.15, 0.2) is 0 Å². The van der Waals surface area contributed by atoms with Gasteiger partial charge in [-0.3, -0.25) is 9.80 Å². The second-order valence-electron chi connectivity index (χ2n) is 13.7. The molecule has 2 aliphatic heterocycles. The molecule has 2 aliphatic rings. The first-order chi connectivity index (χ1) is 25.8. The molecule has 2 aromatic carbocycles. The largest absolute Gasteiger partial charge is 0.338 e. The first kappa shape index (κ1) is 38.1. The van der Waals surface area contributed by atoms with Gasteiger partial charge in [0.05, 0.1) is 60.7 Å². The van der Waals surface area contributed by atoms with E-state index in [1.54, 1.807) is 22.7 Å². The minimum absolute atomic E-state index is 0.328. The van der Waals surface area contributed by atoms with Crippen LogP contribution in [0.2, 0.25) is 0 Å². The third-order valence-electron chi connectivity index (χ3n) is 10.1. The van der Waals surface area contributed by atoms with Gasteiger partial charge < -0.3 is 9.80 Å². The average Bonchev–Trinajstić information content (AvgIpc) is 3.86. The molecule has 8 rings (SSSR count). The van der Waals surface area contributed by atoms with Crippen LogP contribution in [-0.2, 0) is 19.5 Å². The van der Waals surface area contributed by atoms with Crippen molar-refractivity contribution in [1.82, 2.24) is 39.7 Å². The zero-order chi connectivity index (χ0) is 38.0. The Balaban J connectivity index is 0.000000167. The predicted octanol–water partition coefficient (Wildman–Crippen LogP) is 6.01. The molecule has 54 heavy (non-hydrogen) atoms. The summed E-state index contributed by atoms with van der Waals surface area (Å²) in [6.07, 6.45) is 8.81. The van der Waals surface area contributed by atoms with Gasteiger partial charge >= 0.3 is 0 Å². The molecule has 2 unspecified atom stereocenters. The van der Waals surface area contributed by atoms with Crippen LogP contribution < -0.4 is 9.80 Å². The van der Waals surface area contributed by atoms with Crippen molar-refractivity contribution in [3.8, 4) is 0 Å². The molecule has 4 aromatic heterocycles. The molecule has 0 bridgehead atoms. The second kappa shape index (κ2) is 15.9. The van der Waals surface area contributed by atoms with E-state index in [0.717, 1.165) is 63.4 Å². The van der Waals surface area contributed by atoms with E-state index in [-0.39, 0.29) is 0 Å². The Morgan fingerprint density at radius 2 is 0.926 bits per heavy atom. The highest BCUT2D eigenvalue weighted by molar-refractivity contribution is 7.92. The zero-order valence-electron chi connectivity index (χ0n) is 30.7.